The fourth-order valence-corrected chi connectivity index (χ4v) is 3.58. The summed E-state index contributed by atoms with van der Waals surface area (Å²) in [5.41, 5.74) is 9.08. The highest BCUT2D eigenvalue weighted by Gasteiger charge is 2.38. The van der Waals surface area contributed by atoms with E-state index in [2.05, 4.69) is 4.98 Å². The van der Waals surface area contributed by atoms with Crippen molar-refractivity contribution in [3.63, 3.8) is 0 Å². The molecule has 0 spiro atoms. The Morgan fingerprint density at radius 3 is 1.75 bits per heavy atom. The minimum Gasteiger partial charge on any atom is -0.475 e. The number of carboxylic acids is 2. The number of nitrogens with two attached hydrogens (primary N) is 1. The van der Waals surface area contributed by atoms with Gasteiger partial charge in [-0.25, -0.2) is 19.4 Å². The number of hydrogen-bond acceptors (Lipinski definition) is 7. The molecule has 3 aromatic rings. The van der Waals surface area contributed by atoms with Crippen LogP contribution in [0.15, 0.2) is 48.8 Å². The highest BCUT2D eigenvalue weighted by molar-refractivity contribution is 5.95. The molecule has 4 rings (SSSR count). The van der Waals surface area contributed by atoms with Crippen LogP contribution >= 0.6 is 0 Å². The van der Waals surface area contributed by atoms with E-state index in [1.807, 2.05) is 22.7 Å². The van der Waals surface area contributed by atoms with Gasteiger partial charge in [0.1, 0.15) is 17.6 Å². The number of carbonyl (C=O) groups excluding carboxylic acids is 1. The molecule has 1 aromatic carbocycles. The standard InChI is InChI=1S/C21H21N5O4.2C2HF3O2/c22-19(23)15-5-6-18-24-17(12-26(18)11-15)13-1-3-14(4-2-13)20(27)25-9-7-16(8-10-25)30-21(28)29;2*3-2(4,5)1(6)7/h1-6,11-12,16H,7-10H2,(H3,22,23)(H,28,29);2*(H,6,7). The topological polar surface area (TPSA) is 209 Å². The number of nitrogens with zero attached hydrogens (tertiary/aromatic N) is 3. The van der Waals surface area contributed by atoms with Gasteiger partial charge in [0.25, 0.3) is 5.91 Å². The lowest BCUT2D eigenvalue weighted by molar-refractivity contribution is -0.193. The third-order valence-electron chi connectivity index (χ3n) is 5.67. The molecule has 0 aliphatic carbocycles. The van der Waals surface area contributed by atoms with Crippen molar-refractivity contribution >= 4 is 35.5 Å². The van der Waals surface area contributed by atoms with Crippen molar-refractivity contribution in [2.45, 2.75) is 31.3 Å². The number of alkyl halides is 6. The molecule has 44 heavy (non-hydrogen) atoms. The average Bonchev–Trinajstić information content (AvgIpc) is 3.36. The number of carboxylic acid groups (broad SMARTS) is 3. The number of amides is 1. The van der Waals surface area contributed by atoms with E-state index in [4.69, 9.17) is 40.8 Å². The molecule has 13 nitrogen and oxygen atoms in total. The molecule has 0 bridgehead atoms. The molecular formula is C25H23F6N5O8. The number of aromatic nitrogens is 2. The van der Waals surface area contributed by atoms with E-state index in [9.17, 15) is 35.9 Å². The number of imidazole rings is 1. The fourth-order valence-electron chi connectivity index (χ4n) is 3.58. The van der Waals surface area contributed by atoms with Crippen molar-refractivity contribution in [1.29, 1.82) is 5.41 Å². The van der Waals surface area contributed by atoms with Gasteiger partial charge in [0.2, 0.25) is 0 Å². The van der Waals surface area contributed by atoms with Gasteiger partial charge in [0.05, 0.1) is 5.69 Å². The summed E-state index contributed by atoms with van der Waals surface area (Å²) in [7, 11) is 0. The van der Waals surface area contributed by atoms with E-state index in [0.29, 0.717) is 37.1 Å². The van der Waals surface area contributed by atoms with E-state index in [0.717, 1.165) is 16.9 Å². The Kier molecular flexibility index (Phi) is 11.2. The van der Waals surface area contributed by atoms with Crippen molar-refractivity contribution < 1.29 is 65.6 Å². The monoisotopic (exact) mass is 635 g/mol. The molecule has 0 unspecified atom stereocenters. The number of pyridine rings is 1. The van der Waals surface area contributed by atoms with Gasteiger partial charge >= 0.3 is 30.4 Å². The number of nitrogens with one attached hydrogen (secondary N) is 1. The smallest absolute Gasteiger partial charge is 0.475 e. The molecule has 238 valence electrons. The molecule has 0 saturated carbocycles. The number of piperidine rings is 1. The molecule has 0 radical (unpaired) electrons. The summed E-state index contributed by atoms with van der Waals surface area (Å²) in [6.07, 6.45) is -7.19. The van der Waals surface area contributed by atoms with Gasteiger partial charge in [-0.1, -0.05) is 12.1 Å². The van der Waals surface area contributed by atoms with Crippen molar-refractivity contribution in [2.24, 2.45) is 5.73 Å². The third-order valence-corrected chi connectivity index (χ3v) is 5.67. The number of nitrogen functional groups attached to an aromatic ring is 1. The molecule has 1 aliphatic rings. The van der Waals surface area contributed by atoms with E-state index >= 15 is 0 Å². The predicted octanol–water partition coefficient (Wildman–Crippen LogP) is 3.85. The van der Waals surface area contributed by atoms with Gasteiger partial charge in [-0.05, 0) is 24.3 Å². The summed E-state index contributed by atoms with van der Waals surface area (Å²) >= 11 is 0. The molecule has 2 aromatic heterocycles. The highest BCUT2D eigenvalue weighted by atomic mass is 19.4. The van der Waals surface area contributed by atoms with Crippen molar-refractivity contribution in [1.82, 2.24) is 14.3 Å². The second-order valence-electron chi connectivity index (χ2n) is 8.78. The van der Waals surface area contributed by atoms with Crippen LogP contribution in [0.25, 0.3) is 16.9 Å². The van der Waals surface area contributed by atoms with Crippen LogP contribution in [0.1, 0.15) is 28.8 Å². The van der Waals surface area contributed by atoms with Gasteiger partial charge in [-0.15, -0.1) is 0 Å². The average molecular weight is 635 g/mol. The lowest BCUT2D eigenvalue weighted by atomic mass is 10.0. The van der Waals surface area contributed by atoms with E-state index < -0.39 is 30.4 Å². The Hall–Kier alpha value is -5.36. The lowest BCUT2D eigenvalue weighted by Gasteiger charge is -2.31. The minimum absolute atomic E-state index is 0.00595. The summed E-state index contributed by atoms with van der Waals surface area (Å²) in [6, 6.07) is 10.8. The maximum Gasteiger partial charge on any atom is 0.506 e. The molecule has 6 N–H and O–H groups in total. The Morgan fingerprint density at radius 1 is 0.841 bits per heavy atom. The van der Waals surface area contributed by atoms with Gasteiger partial charge < -0.3 is 35.1 Å². The largest absolute Gasteiger partial charge is 0.506 e. The summed E-state index contributed by atoms with van der Waals surface area (Å²) in [5.74, 6) is -5.61. The highest BCUT2D eigenvalue weighted by Crippen LogP contribution is 2.22. The number of fused-ring (bicyclic) bond motifs is 1. The summed E-state index contributed by atoms with van der Waals surface area (Å²) < 4.78 is 70.1. The first-order valence-electron chi connectivity index (χ1n) is 12.0. The van der Waals surface area contributed by atoms with Gasteiger partial charge in [0.15, 0.2) is 0 Å². The zero-order valence-corrected chi connectivity index (χ0v) is 22.1. The number of benzene rings is 1. The second kappa shape index (κ2) is 14.2. The van der Waals surface area contributed by atoms with Crippen LogP contribution in [0.4, 0.5) is 31.1 Å². The summed E-state index contributed by atoms with van der Waals surface area (Å²) in [6.45, 7) is 0.924. The van der Waals surface area contributed by atoms with Crippen molar-refractivity contribution in [3.8, 4) is 11.3 Å². The van der Waals surface area contributed by atoms with Gasteiger partial charge in [-0.2, -0.15) is 26.3 Å². The van der Waals surface area contributed by atoms with Crippen molar-refractivity contribution in [3.05, 3.63) is 59.9 Å². The molecule has 1 saturated heterocycles. The first kappa shape index (κ1) is 34.8. The molecule has 3 heterocycles. The van der Waals surface area contributed by atoms with Crippen LogP contribution in [0.3, 0.4) is 0 Å². The predicted molar refractivity (Wildman–Crippen MR) is 137 cm³/mol. The Balaban J connectivity index is 0.000000402. The maximum absolute atomic E-state index is 12.7. The molecule has 19 heteroatoms. The number of halogens is 6. The number of aliphatic carboxylic acids is 2. The van der Waals surface area contributed by atoms with Crippen LogP contribution in [0, 0.1) is 5.41 Å². The zero-order valence-electron chi connectivity index (χ0n) is 22.1. The number of hydrogen-bond donors (Lipinski definition) is 5. The molecule has 1 aliphatic heterocycles. The molecular weight excluding hydrogens is 612 g/mol. The number of carbonyl (C=O) groups is 4. The molecule has 0 atom stereocenters. The number of likely N-dealkylation sites (tertiary alicyclic amines) is 1. The van der Waals surface area contributed by atoms with Crippen molar-refractivity contribution in [2.75, 3.05) is 13.1 Å². The van der Waals surface area contributed by atoms with Crippen LogP contribution in [0.2, 0.25) is 0 Å². The SMILES string of the molecule is N=C(N)c1ccc2nc(-c3ccc(C(=O)N4CCC(OC(=O)O)CC4)cc3)cn2c1.O=C(O)C(F)(F)F.O=C(O)C(F)(F)F. The Labute approximate surface area is 242 Å². The Bertz CT molecular complexity index is 1490. The fraction of sp³-hybridized carbons (Fsp3) is 0.280. The number of rotatable bonds is 4. The third kappa shape index (κ3) is 10.2. The first-order chi connectivity index (χ1) is 20.3. The quantitative estimate of drug-likeness (QED) is 0.121. The van der Waals surface area contributed by atoms with Crippen LogP contribution in [0.5, 0.6) is 0 Å². The van der Waals surface area contributed by atoms with Gasteiger partial charge in [-0.3, -0.25) is 10.2 Å². The van der Waals surface area contributed by atoms with E-state index in [1.165, 1.54) is 0 Å². The number of amidine groups is 1. The van der Waals surface area contributed by atoms with E-state index in [-0.39, 0.29) is 17.8 Å². The maximum atomic E-state index is 12.7. The molecule has 1 fully saturated rings. The Morgan fingerprint density at radius 2 is 1.32 bits per heavy atom. The van der Waals surface area contributed by atoms with E-state index in [1.54, 1.807) is 35.4 Å². The number of ether oxygens (including phenoxy) is 1. The molecule has 1 amide bonds. The second-order valence-corrected chi connectivity index (χ2v) is 8.78. The van der Waals surface area contributed by atoms with Crippen LogP contribution in [-0.2, 0) is 14.3 Å². The minimum atomic E-state index is -5.08. The lowest BCUT2D eigenvalue weighted by Crippen LogP contribution is -2.41. The van der Waals surface area contributed by atoms with Crippen LogP contribution in [-0.4, -0.2) is 91.0 Å². The van der Waals surface area contributed by atoms with Crippen LogP contribution < -0.4 is 5.73 Å². The summed E-state index contributed by atoms with van der Waals surface area (Å²) in [5, 5.41) is 30.5. The zero-order chi connectivity index (χ0) is 33.4. The summed E-state index contributed by atoms with van der Waals surface area (Å²) in [4.78, 5) is 47.4. The normalized spacial score (nSPS) is 13.5. The first-order valence-corrected chi connectivity index (χ1v) is 12.0. The van der Waals surface area contributed by atoms with Gasteiger partial charge in [0, 0.05) is 55.0 Å².